The van der Waals surface area contributed by atoms with Gasteiger partial charge in [-0.25, -0.2) is 0 Å². The van der Waals surface area contributed by atoms with Gasteiger partial charge in [-0.15, -0.1) is 12.4 Å². The van der Waals surface area contributed by atoms with Crippen LogP contribution >= 0.6 is 12.4 Å². The van der Waals surface area contributed by atoms with E-state index in [0.29, 0.717) is 6.61 Å². The molecule has 0 unspecified atom stereocenters. The first-order chi connectivity index (χ1) is 5.29. The van der Waals surface area contributed by atoms with E-state index >= 15 is 0 Å². The van der Waals surface area contributed by atoms with Crippen LogP contribution in [0.25, 0.3) is 0 Å². The molecule has 66 valence electrons. The highest BCUT2D eigenvalue weighted by Gasteiger charge is 2.01. The lowest BCUT2D eigenvalue weighted by molar-refractivity contribution is 0.254. The number of hydrogen-bond acceptors (Lipinski definition) is 2. The van der Waals surface area contributed by atoms with Crippen molar-refractivity contribution in [3.05, 3.63) is 35.9 Å². The zero-order chi connectivity index (χ0) is 8.10. The molecule has 12 heavy (non-hydrogen) atoms. The van der Waals surface area contributed by atoms with Crippen LogP contribution in [0.5, 0.6) is 0 Å². The van der Waals surface area contributed by atoms with E-state index in [4.69, 9.17) is 9.68 Å². The third-order valence-corrected chi connectivity index (χ3v) is 1.33. The highest BCUT2D eigenvalue weighted by molar-refractivity contribution is 6.40. The molecule has 0 bridgehead atoms. The first-order valence-electron chi connectivity index (χ1n) is 3.62. The van der Waals surface area contributed by atoms with Crippen molar-refractivity contribution in [1.29, 1.82) is 0 Å². The lowest BCUT2D eigenvalue weighted by Gasteiger charge is -2.02. The molecule has 2 nitrogen and oxygen atoms in total. The second kappa shape index (κ2) is 6.06. The van der Waals surface area contributed by atoms with Crippen LogP contribution in [0.2, 0.25) is 6.82 Å². The molecule has 1 N–H and O–H groups in total. The molecule has 0 aromatic heterocycles. The molecule has 0 saturated heterocycles. The van der Waals surface area contributed by atoms with Gasteiger partial charge >= 0.3 is 7.12 Å². The van der Waals surface area contributed by atoms with E-state index in [1.54, 1.807) is 6.82 Å². The molecule has 0 saturated carbocycles. The van der Waals surface area contributed by atoms with Gasteiger partial charge in [0.15, 0.2) is 0 Å². The van der Waals surface area contributed by atoms with Crippen LogP contribution in [0.15, 0.2) is 30.3 Å². The van der Waals surface area contributed by atoms with E-state index in [1.165, 1.54) is 0 Å². The van der Waals surface area contributed by atoms with E-state index < -0.39 is 7.12 Å². The lowest BCUT2D eigenvalue weighted by atomic mass is 9.97. The molecule has 0 radical (unpaired) electrons. The van der Waals surface area contributed by atoms with Crippen molar-refractivity contribution in [1.82, 2.24) is 0 Å². The largest absolute Gasteiger partial charge is 0.451 e. The fraction of sp³-hybridized carbons (Fsp3) is 0.250. The normalized spacial score (nSPS) is 8.83. The molecule has 0 aliphatic rings. The van der Waals surface area contributed by atoms with Gasteiger partial charge in [0, 0.05) is 0 Å². The molecule has 1 aromatic carbocycles. The zero-order valence-electron chi connectivity index (χ0n) is 6.93. The average molecular weight is 186 g/mol. The SMILES string of the molecule is CB(O)OCc1ccccc1.Cl. The Balaban J connectivity index is 0.00000121. The third-order valence-electron chi connectivity index (χ3n) is 1.33. The third kappa shape index (κ3) is 4.39. The van der Waals surface area contributed by atoms with Gasteiger partial charge in [0.05, 0.1) is 6.61 Å². The first-order valence-corrected chi connectivity index (χ1v) is 3.62. The predicted molar refractivity (Wildman–Crippen MR) is 52.3 cm³/mol. The topological polar surface area (TPSA) is 29.5 Å². The maximum Gasteiger partial charge on any atom is 0.451 e. The molecule has 0 aliphatic carbocycles. The van der Waals surface area contributed by atoms with Gasteiger partial charge in [0.25, 0.3) is 0 Å². The number of hydrogen-bond donors (Lipinski definition) is 1. The van der Waals surface area contributed by atoms with Crippen molar-refractivity contribution in [3.63, 3.8) is 0 Å². The number of halogens is 1. The van der Waals surface area contributed by atoms with Gasteiger partial charge in [0.1, 0.15) is 0 Å². The van der Waals surface area contributed by atoms with E-state index in [0.717, 1.165) is 5.56 Å². The Morgan fingerprint density at radius 1 is 1.33 bits per heavy atom. The van der Waals surface area contributed by atoms with Crippen molar-refractivity contribution in [2.24, 2.45) is 0 Å². The fourth-order valence-electron chi connectivity index (χ4n) is 0.791. The van der Waals surface area contributed by atoms with Crippen molar-refractivity contribution in [3.8, 4) is 0 Å². The molecule has 0 atom stereocenters. The molecule has 1 rings (SSSR count). The van der Waals surface area contributed by atoms with E-state index in [-0.39, 0.29) is 12.4 Å². The number of rotatable bonds is 3. The molecule has 0 amide bonds. The van der Waals surface area contributed by atoms with Crippen molar-refractivity contribution >= 4 is 19.5 Å². The Morgan fingerprint density at radius 3 is 2.42 bits per heavy atom. The maximum atomic E-state index is 8.79. The molecule has 1 aromatic rings. The molecule has 0 aliphatic heterocycles. The minimum absolute atomic E-state index is 0. The second-order valence-electron chi connectivity index (χ2n) is 2.40. The van der Waals surface area contributed by atoms with Gasteiger partial charge in [-0.3, -0.25) is 0 Å². The second-order valence-corrected chi connectivity index (χ2v) is 2.40. The maximum absolute atomic E-state index is 8.79. The Hall–Kier alpha value is -0.505. The van der Waals surface area contributed by atoms with Gasteiger partial charge in [-0.1, -0.05) is 30.3 Å². The first kappa shape index (κ1) is 11.5. The predicted octanol–water partition coefficient (Wildman–Crippen LogP) is 1.74. The van der Waals surface area contributed by atoms with E-state index in [2.05, 4.69) is 0 Å². The molecular formula is C8H12BClO2. The summed E-state index contributed by atoms with van der Waals surface area (Å²) >= 11 is 0. The monoisotopic (exact) mass is 186 g/mol. The van der Waals surface area contributed by atoms with Crippen LogP contribution in [0.3, 0.4) is 0 Å². The zero-order valence-corrected chi connectivity index (χ0v) is 7.75. The molecule has 4 heteroatoms. The summed E-state index contributed by atoms with van der Waals surface area (Å²) in [6.07, 6.45) is 0. The molecule has 0 heterocycles. The summed E-state index contributed by atoms with van der Waals surface area (Å²) in [5.41, 5.74) is 1.08. The standard InChI is InChI=1S/C8H11BO2.ClH/c1-9(10)11-7-8-5-3-2-4-6-8;/h2-6,10H,7H2,1H3;1H. The molecular weight excluding hydrogens is 174 g/mol. The van der Waals surface area contributed by atoms with Gasteiger partial charge < -0.3 is 9.68 Å². The van der Waals surface area contributed by atoms with Crippen LogP contribution in [0.4, 0.5) is 0 Å². The van der Waals surface area contributed by atoms with Crippen LogP contribution in [0.1, 0.15) is 5.56 Å². The van der Waals surface area contributed by atoms with Gasteiger partial charge in [0.2, 0.25) is 0 Å². The van der Waals surface area contributed by atoms with Crippen molar-refractivity contribution in [2.45, 2.75) is 13.4 Å². The quantitative estimate of drug-likeness (QED) is 0.729. The highest BCUT2D eigenvalue weighted by Crippen LogP contribution is 2.00. The van der Waals surface area contributed by atoms with Crippen LogP contribution < -0.4 is 0 Å². The fourth-order valence-corrected chi connectivity index (χ4v) is 0.791. The lowest BCUT2D eigenvalue weighted by Crippen LogP contribution is -2.11. The van der Waals surface area contributed by atoms with Crippen LogP contribution in [-0.2, 0) is 11.3 Å². The van der Waals surface area contributed by atoms with Crippen molar-refractivity contribution < 1.29 is 9.68 Å². The Kier molecular flexibility index (Phi) is 5.81. The molecule has 0 fully saturated rings. The summed E-state index contributed by atoms with van der Waals surface area (Å²) in [6, 6.07) is 9.76. The summed E-state index contributed by atoms with van der Waals surface area (Å²) < 4.78 is 4.98. The van der Waals surface area contributed by atoms with E-state index in [1.807, 2.05) is 30.3 Å². The highest BCUT2D eigenvalue weighted by atomic mass is 35.5. The smallest absolute Gasteiger partial charge is 0.427 e. The van der Waals surface area contributed by atoms with Crippen LogP contribution in [0, 0.1) is 0 Å². The summed E-state index contributed by atoms with van der Waals surface area (Å²) in [6.45, 7) is 2.07. The minimum atomic E-state index is -0.685. The summed E-state index contributed by atoms with van der Waals surface area (Å²) in [4.78, 5) is 0. The summed E-state index contributed by atoms with van der Waals surface area (Å²) in [5.74, 6) is 0. The van der Waals surface area contributed by atoms with Crippen LogP contribution in [-0.4, -0.2) is 12.1 Å². The Labute approximate surface area is 79.1 Å². The minimum Gasteiger partial charge on any atom is -0.427 e. The Morgan fingerprint density at radius 2 is 1.92 bits per heavy atom. The molecule has 0 spiro atoms. The van der Waals surface area contributed by atoms with Gasteiger partial charge in [-0.05, 0) is 12.4 Å². The van der Waals surface area contributed by atoms with Gasteiger partial charge in [-0.2, -0.15) is 0 Å². The number of benzene rings is 1. The van der Waals surface area contributed by atoms with Crippen molar-refractivity contribution in [2.75, 3.05) is 0 Å². The summed E-state index contributed by atoms with van der Waals surface area (Å²) in [5, 5.41) is 8.79. The van der Waals surface area contributed by atoms with E-state index in [9.17, 15) is 0 Å². The summed E-state index contributed by atoms with van der Waals surface area (Å²) in [7, 11) is -0.685. The average Bonchev–Trinajstić information content (AvgIpc) is 2.03. The Bertz CT molecular complexity index is 203.